The van der Waals surface area contributed by atoms with Gasteiger partial charge in [0.15, 0.2) is 0 Å². The van der Waals surface area contributed by atoms with Crippen molar-refractivity contribution in [1.29, 1.82) is 0 Å². The number of aliphatic hydroxyl groups is 1. The molecule has 5 rings (SSSR count). The SMILES string of the molecule is COc1c2c(c(C)c3c1C(=O)OC3)O[C@]1(C)C[C@H](O)[C@@H]3C(C)(C)OC(=O)CC[C@]3(C)[C@@H]1C2. The van der Waals surface area contributed by atoms with Gasteiger partial charge in [0.2, 0.25) is 0 Å². The third kappa shape index (κ3) is 2.69. The molecular formula is C25H32O7. The molecule has 1 aliphatic carbocycles. The highest BCUT2D eigenvalue weighted by Gasteiger charge is 2.65. The fourth-order valence-corrected chi connectivity index (χ4v) is 7.49. The Kier molecular flexibility index (Phi) is 4.46. The first kappa shape index (κ1) is 21.6. The maximum atomic E-state index is 12.5. The average molecular weight is 445 g/mol. The Labute approximate surface area is 188 Å². The van der Waals surface area contributed by atoms with Crippen LogP contribution in [0, 0.1) is 24.2 Å². The van der Waals surface area contributed by atoms with Crippen LogP contribution in [0.3, 0.4) is 0 Å². The molecule has 1 N–H and O–H groups in total. The Balaban J connectivity index is 1.70. The molecule has 3 heterocycles. The van der Waals surface area contributed by atoms with Crippen molar-refractivity contribution in [2.75, 3.05) is 7.11 Å². The van der Waals surface area contributed by atoms with Crippen molar-refractivity contribution in [3.05, 3.63) is 22.3 Å². The van der Waals surface area contributed by atoms with Crippen molar-refractivity contribution < 1.29 is 33.6 Å². The van der Waals surface area contributed by atoms with Gasteiger partial charge in [0.1, 0.15) is 34.9 Å². The minimum absolute atomic E-state index is 0.00607. The van der Waals surface area contributed by atoms with Crippen molar-refractivity contribution in [2.24, 2.45) is 17.3 Å². The van der Waals surface area contributed by atoms with Gasteiger partial charge in [0, 0.05) is 35.8 Å². The van der Waals surface area contributed by atoms with E-state index in [-0.39, 0.29) is 30.4 Å². The Hall–Kier alpha value is -2.28. The van der Waals surface area contributed by atoms with Gasteiger partial charge in [0.25, 0.3) is 0 Å². The van der Waals surface area contributed by atoms with Gasteiger partial charge in [-0.3, -0.25) is 4.79 Å². The number of hydrogen-bond donors (Lipinski definition) is 1. The van der Waals surface area contributed by atoms with Gasteiger partial charge < -0.3 is 24.1 Å². The van der Waals surface area contributed by atoms with E-state index in [2.05, 4.69) is 13.8 Å². The van der Waals surface area contributed by atoms with E-state index in [1.165, 1.54) is 0 Å². The second kappa shape index (κ2) is 6.62. The van der Waals surface area contributed by atoms with Gasteiger partial charge in [-0.15, -0.1) is 0 Å². The molecule has 174 valence electrons. The van der Waals surface area contributed by atoms with Gasteiger partial charge in [-0.2, -0.15) is 0 Å². The van der Waals surface area contributed by atoms with Crippen LogP contribution in [0.15, 0.2) is 0 Å². The van der Waals surface area contributed by atoms with E-state index in [4.69, 9.17) is 18.9 Å². The number of fused-ring (bicyclic) bond motifs is 5. The van der Waals surface area contributed by atoms with Crippen molar-refractivity contribution in [1.82, 2.24) is 0 Å². The van der Waals surface area contributed by atoms with E-state index in [1.807, 2.05) is 20.8 Å². The summed E-state index contributed by atoms with van der Waals surface area (Å²) in [5.74, 6) is 0.410. The zero-order valence-corrected chi connectivity index (χ0v) is 19.7. The number of esters is 2. The molecule has 0 amide bonds. The number of aliphatic hydroxyl groups excluding tert-OH is 1. The van der Waals surface area contributed by atoms with E-state index < -0.39 is 22.7 Å². The topological polar surface area (TPSA) is 91.3 Å². The highest BCUT2D eigenvalue weighted by molar-refractivity contribution is 5.98. The van der Waals surface area contributed by atoms with Crippen LogP contribution in [0.5, 0.6) is 11.5 Å². The maximum Gasteiger partial charge on any atom is 0.342 e. The molecule has 0 radical (unpaired) electrons. The van der Waals surface area contributed by atoms with Gasteiger partial charge in [-0.1, -0.05) is 6.92 Å². The fraction of sp³-hybridized carbons (Fsp3) is 0.680. The largest absolute Gasteiger partial charge is 0.495 e. The second-order valence-corrected chi connectivity index (χ2v) is 10.9. The van der Waals surface area contributed by atoms with E-state index in [9.17, 15) is 14.7 Å². The Morgan fingerprint density at radius 3 is 2.50 bits per heavy atom. The van der Waals surface area contributed by atoms with Crippen LogP contribution in [0.2, 0.25) is 0 Å². The predicted molar refractivity (Wildman–Crippen MR) is 115 cm³/mol. The molecule has 7 nitrogen and oxygen atoms in total. The quantitative estimate of drug-likeness (QED) is 0.663. The van der Waals surface area contributed by atoms with E-state index in [0.29, 0.717) is 37.0 Å². The van der Waals surface area contributed by atoms with E-state index in [1.54, 1.807) is 7.11 Å². The molecule has 1 saturated carbocycles. The molecule has 0 spiro atoms. The number of methoxy groups -OCH3 is 1. The number of rotatable bonds is 1. The number of carbonyl (C=O) groups excluding carboxylic acids is 2. The van der Waals surface area contributed by atoms with Gasteiger partial charge in [-0.05, 0) is 51.5 Å². The molecule has 7 heteroatoms. The molecule has 1 saturated heterocycles. The highest BCUT2D eigenvalue weighted by atomic mass is 16.6. The number of cyclic esters (lactones) is 2. The van der Waals surface area contributed by atoms with Crippen molar-refractivity contribution in [2.45, 2.75) is 84.2 Å². The normalized spacial score (nSPS) is 37.0. The van der Waals surface area contributed by atoms with E-state index >= 15 is 0 Å². The maximum absolute atomic E-state index is 12.5. The summed E-state index contributed by atoms with van der Waals surface area (Å²) in [6, 6.07) is 0. The lowest BCUT2D eigenvalue weighted by molar-refractivity contribution is -0.211. The van der Waals surface area contributed by atoms with Crippen molar-refractivity contribution in [3.8, 4) is 11.5 Å². The van der Waals surface area contributed by atoms with Gasteiger partial charge >= 0.3 is 11.9 Å². The molecular weight excluding hydrogens is 412 g/mol. The first-order valence-electron chi connectivity index (χ1n) is 11.4. The third-order valence-electron chi connectivity index (χ3n) is 8.61. The lowest BCUT2D eigenvalue weighted by Gasteiger charge is -2.61. The fourth-order valence-electron chi connectivity index (χ4n) is 7.49. The highest BCUT2D eigenvalue weighted by Crippen LogP contribution is 2.62. The minimum Gasteiger partial charge on any atom is -0.495 e. The summed E-state index contributed by atoms with van der Waals surface area (Å²) in [5.41, 5.74) is 1.22. The summed E-state index contributed by atoms with van der Waals surface area (Å²) >= 11 is 0. The van der Waals surface area contributed by atoms with Crippen LogP contribution in [0.1, 0.15) is 74.0 Å². The monoisotopic (exact) mass is 444 g/mol. The molecule has 1 aromatic rings. The summed E-state index contributed by atoms with van der Waals surface area (Å²) in [5, 5.41) is 11.4. The van der Waals surface area contributed by atoms with E-state index in [0.717, 1.165) is 22.4 Å². The minimum atomic E-state index is -0.800. The standard InChI is InChI=1S/C25H32O7/c1-12-14-11-30-22(28)18(14)20(29-6)13-9-16-24(4)8-7-17(27)31-23(2,3)21(24)15(26)10-25(16,5)32-19(12)13/h15-16,21,26H,7-11H2,1-6H3/t15-,16-,21+,24+,25+/m0/s1. The Morgan fingerprint density at radius 1 is 1.09 bits per heavy atom. The molecule has 0 aromatic heterocycles. The number of hydrogen-bond acceptors (Lipinski definition) is 7. The summed E-state index contributed by atoms with van der Waals surface area (Å²) in [6.45, 7) is 10.2. The summed E-state index contributed by atoms with van der Waals surface area (Å²) < 4.78 is 23.6. The molecule has 2 fully saturated rings. The first-order valence-corrected chi connectivity index (χ1v) is 11.4. The van der Waals surface area contributed by atoms with Crippen LogP contribution in [-0.2, 0) is 27.3 Å². The van der Waals surface area contributed by atoms with Crippen LogP contribution in [0.25, 0.3) is 0 Å². The molecule has 3 aliphatic heterocycles. The third-order valence-corrected chi connectivity index (χ3v) is 8.61. The number of ether oxygens (including phenoxy) is 4. The predicted octanol–water partition coefficient (Wildman–Crippen LogP) is 3.49. The van der Waals surface area contributed by atoms with Crippen LogP contribution in [-0.4, -0.2) is 41.5 Å². The molecule has 1 aromatic carbocycles. The zero-order chi connectivity index (χ0) is 23.2. The molecule has 0 unspecified atom stereocenters. The smallest absolute Gasteiger partial charge is 0.342 e. The van der Waals surface area contributed by atoms with Crippen molar-refractivity contribution in [3.63, 3.8) is 0 Å². The van der Waals surface area contributed by atoms with Gasteiger partial charge in [-0.25, -0.2) is 4.79 Å². The number of benzene rings is 1. The van der Waals surface area contributed by atoms with Crippen molar-refractivity contribution >= 4 is 11.9 Å². The van der Waals surface area contributed by atoms with Crippen LogP contribution < -0.4 is 9.47 Å². The lowest BCUT2D eigenvalue weighted by atomic mass is 9.49. The second-order valence-electron chi connectivity index (χ2n) is 10.9. The molecule has 4 aliphatic rings. The molecule has 0 bridgehead atoms. The van der Waals surface area contributed by atoms with Crippen LogP contribution in [0.4, 0.5) is 0 Å². The summed E-state index contributed by atoms with van der Waals surface area (Å²) in [6.07, 6.45) is 1.29. The summed E-state index contributed by atoms with van der Waals surface area (Å²) in [7, 11) is 1.57. The average Bonchev–Trinajstić information content (AvgIpc) is 3.03. The van der Waals surface area contributed by atoms with Crippen LogP contribution >= 0.6 is 0 Å². The Morgan fingerprint density at radius 2 is 1.81 bits per heavy atom. The first-order chi connectivity index (χ1) is 14.9. The summed E-state index contributed by atoms with van der Waals surface area (Å²) in [4.78, 5) is 24.9. The molecule has 32 heavy (non-hydrogen) atoms. The lowest BCUT2D eigenvalue weighted by Crippen LogP contribution is -2.66. The number of carbonyl (C=O) groups is 2. The Bertz CT molecular complexity index is 1030. The molecule has 5 atom stereocenters. The zero-order valence-electron chi connectivity index (χ0n) is 19.7. The van der Waals surface area contributed by atoms with Gasteiger partial charge in [0.05, 0.1) is 13.2 Å².